The largest absolute Gasteiger partial charge is 0.488 e. The number of nitrogens with one attached hydrogen (secondary N) is 1. The normalized spacial score (nSPS) is 13.9. The van der Waals surface area contributed by atoms with Crippen molar-refractivity contribution in [3.63, 3.8) is 0 Å². The number of aliphatic hydroxyl groups excluding tert-OH is 1. The highest BCUT2D eigenvalue weighted by atomic mass is 19.1. The van der Waals surface area contributed by atoms with Crippen LogP contribution in [0.15, 0.2) is 18.2 Å². The van der Waals surface area contributed by atoms with E-state index in [9.17, 15) is 18.7 Å². The Morgan fingerprint density at radius 3 is 2.57 bits per heavy atom. The minimum absolute atomic E-state index is 0.00406. The van der Waals surface area contributed by atoms with E-state index in [1.165, 1.54) is 6.07 Å². The van der Waals surface area contributed by atoms with Crippen LogP contribution >= 0.6 is 0 Å². The molecule has 2 atom stereocenters. The van der Waals surface area contributed by atoms with Gasteiger partial charge in [0, 0.05) is 6.07 Å². The van der Waals surface area contributed by atoms with E-state index in [1.807, 2.05) is 13.8 Å². The number of hydrogen-bond donors (Lipinski definition) is 2. The van der Waals surface area contributed by atoms with Crippen molar-refractivity contribution in [3.8, 4) is 5.75 Å². The van der Waals surface area contributed by atoms with Crippen molar-refractivity contribution in [2.45, 2.75) is 39.3 Å². The summed E-state index contributed by atoms with van der Waals surface area (Å²) in [6, 6.07) is 2.67. The zero-order valence-electron chi connectivity index (χ0n) is 12.4. The second-order valence-corrected chi connectivity index (χ2v) is 5.37. The van der Waals surface area contributed by atoms with E-state index in [4.69, 9.17) is 4.74 Å². The van der Waals surface area contributed by atoms with Gasteiger partial charge in [-0.3, -0.25) is 4.79 Å². The molecule has 1 amide bonds. The summed E-state index contributed by atoms with van der Waals surface area (Å²) < 4.78 is 31.3. The highest BCUT2D eigenvalue weighted by Crippen LogP contribution is 2.17. The topological polar surface area (TPSA) is 58.6 Å². The maximum Gasteiger partial charge on any atom is 0.222 e. The lowest BCUT2D eigenvalue weighted by Crippen LogP contribution is -2.39. The highest BCUT2D eigenvalue weighted by Gasteiger charge is 2.16. The lowest BCUT2D eigenvalue weighted by atomic mass is 10.0. The van der Waals surface area contributed by atoms with E-state index >= 15 is 0 Å². The van der Waals surface area contributed by atoms with Crippen LogP contribution in [0.3, 0.4) is 0 Å². The van der Waals surface area contributed by atoms with Gasteiger partial charge in [0.15, 0.2) is 11.6 Å². The van der Waals surface area contributed by atoms with Crippen molar-refractivity contribution in [1.29, 1.82) is 0 Å². The van der Waals surface area contributed by atoms with Crippen molar-refractivity contribution in [3.05, 3.63) is 29.8 Å². The monoisotopic (exact) mass is 301 g/mol. The van der Waals surface area contributed by atoms with Gasteiger partial charge in [0.05, 0.1) is 18.6 Å². The molecule has 0 saturated heterocycles. The van der Waals surface area contributed by atoms with Crippen molar-refractivity contribution < 1.29 is 23.4 Å². The highest BCUT2D eigenvalue weighted by molar-refractivity contribution is 5.76. The number of carbonyl (C=O) groups is 1. The van der Waals surface area contributed by atoms with Crippen molar-refractivity contribution in [2.75, 3.05) is 6.61 Å². The molecule has 0 bridgehead atoms. The summed E-state index contributed by atoms with van der Waals surface area (Å²) in [5.41, 5.74) is 0. The Morgan fingerprint density at radius 2 is 2.00 bits per heavy atom. The van der Waals surface area contributed by atoms with E-state index in [-0.39, 0.29) is 36.6 Å². The summed E-state index contributed by atoms with van der Waals surface area (Å²) in [4.78, 5) is 11.6. The molecule has 0 aliphatic carbocycles. The summed E-state index contributed by atoms with van der Waals surface area (Å²) in [6.45, 7) is 5.39. The molecule has 0 fully saturated rings. The maximum absolute atomic E-state index is 13.3. The molecule has 0 radical (unpaired) electrons. The lowest BCUT2D eigenvalue weighted by Gasteiger charge is -2.18. The van der Waals surface area contributed by atoms with Crippen LogP contribution in [0.5, 0.6) is 5.75 Å². The van der Waals surface area contributed by atoms with Gasteiger partial charge in [0.25, 0.3) is 0 Å². The van der Waals surface area contributed by atoms with E-state index in [0.29, 0.717) is 0 Å². The number of hydrogen-bond acceptors (Lipinski definition) is 3. The fourth-order valence-electron chi connectivity index (χ4n) is 1.61. The third-order valence-corrected chi connectivity index (χ3v) is 2.95. The first-order valence-electron chi connectivity index (χ1n) is 6.85. The molecule has 1 rings (SSSR count). The van der Waals surface area contributed by atoms with Crippen LogP contribution in [0.2, 0.25) is 0 Å². The molecule has 0 aliphatic rings. The van der Waals surface area contributed by atoms with Gasteiger partial charge in [-0.25, -0.2) is 8.78 Å². The molecule has 0 saturated carbocycles. The first-order chi connectivity index (χ1) is 9.79. The number of rotatable bonds is 7. The van der Waals surface area contributed by atoms with E-state index in [2.05, 4.69) is 5.32 Å². The van der Waals surface area contributed by atoms with E-state index in [0.717, 1.165) is 12.1 Å². The quantitative estimate of drug-likeness (QED) is 0.812. The molecule has 1 aromatic rings. The SMILES string of the molecule is CC(COc1ccc(F)cc1F)NC(=O)CC(O)C(C)C. The van der Waals surface area contributed by atoms with Gasteiger partial charge >= 0.3 is 0 Å². The molecule has 6 heteroatoms. The molecule has 118 valence electrons. The van der Waals surface area contributed by atoms with Gasteiger partial charge in [-0.2, -0.15) is 0 Å². The molecule has 21 heavy (non-hydrogen) atoms. The van der Waals surface area contributed by atoms with Crippen molar-refractivity contribution in [2.24, 2.45) is 5.92 Å². The Morgan fingerprint density at radius 1 is 1.33 bits per heavy atom. The Balaban J connectivity index is 2.40. The third-order valence-electron chi connectivity index (χ3n) is 2.95. The molecule has 0 aromatic heterocycles. The smallest absolute Gasteiger partial charge is 0.222 e. The molecule has 0 aliphatic heterocycles. The molecule has 4 nitrogen and oxygen atoms in total. The van der Waals surface area contributed by atoms with E-state index in [1.54, 1.807) is 6.92 Å². The van der Waals surface area contributed by atoms with Crippen LogP contribution in [0.4, 0.5) is 8.78 Å². The second-order valence-electron chi connectivity index (χ2n) is 5.37. The predicted molar refractivity (Wildman–Crippen MR) is 74.9 cm³/mol. The molecule has 2 N–H and O–H groups in total. The third kappa shape index (κ3) is 6.08. The Bertz CT molecular complexity index is 480. The average Bonchev–Trinajstić information content (AvgIpc) is 2.37. The summed E-state index contributed by atoms with van der Waals surface area (Å²) in [6.07, 6.45) is -0.694. The number of benzene rings is 1. The van der Waals surface area contributed by atoms with Gasteiger partial charge in [-0.15, -0.1) is 0 Å². The molecular formula is C15H21F2NO3. The van der Waals surface area contributed by atoms with Crippen LogP contribution in [-0.4, -0.2) is 29.8 Å². The summed E-state index contributed by atoms with van der Waals surface area (Å²) in [5, 5.41) is 12.2. The number of halogens is 2. The minimum Gasteiger partial charge on any atom is -0.488 e. The first kappa shape index (κ1) is 17.4. The average molecular weight is 301 g/mol. The number of carbonyl (C=O) groups excluding carboxylic acids is 1. The Labute approximate surface area is 123 Å². The molecule has 1 aromatic carbocycles. The minimum atomic E-state index is -0.788. The van der Waals surface area contributed by atoms with Gasteiger partial charge in [0.2, 0.25) is 5.91 Å². The van der Waals surface area contributed by atoms with Gasteiger partial charge in [-0.1, -0.05) is 13.8 Å². The van der Waals surface area contributed by atoms with E-state index < -0.39 is 17.7 Å². The first-order valence-corrected chi connectivity index (χ1v) is 6.85. The van der Waals surface area contributed by atoms with Crippen LogP contribution in [-0.2, 0) is 4.79 Å². The van der Waals surface area contributed by atoms with Crippen LogP contribution in [0.1, 0.15) is 27.2 Å². The van der Waals surface area contributed by atoms with Crippen LogP contribution in [0.25, 0.3) is 0 Å². The van der Waals surface area contributed by atoms with Crippen LogP contribution < -0.4 is 10.1 Å². The predicted octanol–water partition coefficient (Wildman–Crippen LogP) is 2.26. The number of amides is 1. The summed E-state index contributed by atoms with van der Waals surface area (Å²) in [7, 11) is 0. The van der Waals surface area contributed by atoms with Gasteiger partial charge < -0.3 is 15.2 Å². The zero-order chi connectivity index (χ0) is 16.0. The fourth-order valence-corrected chi connectivity index (χ4v) is 1.61. The molecule has 0 spiro atoms. The standard InChI is InChI=1S/C15H21F2NO3/c1-9(2)13(19)7-15(20)18-10(3)8-21-14-5-4-11(16)6-12(14)17/h4-6,9-10,13,19H,7-8H2,1-3H3,(H,18,20). The fraction of sp³-hybridized carbons (Fsp3) is 0.533. The maximum atomic E-state index is 13.3. The summed E-state index contributed by atoms with van der Waals surface area (Å²) >= 11 is 0. The Hall–Kier alpha value is -1.69. The number of aliphatic hydroxyl groups is 1. The van der Waals surface area contributed by atoms with Gasteiger partial charge in [0.1, 0.15) is 12.4 Å². The zero-order valence-corrected chi connectivity index (χ0v) is 12.4. The molecule has 2 unspecified atom stereocenters. The van der Waals surface area contributed by atoms with Crippen molar-refractivity contribution in [1.82, 2.24) is 5.32 Å². The Kier molecular flexibility index (Phi) is 6.55. The van der Waals surface area contributed by atoms with Crippen LogP contribution in [0, 0.1) is 17.6 Å². The van der Waals surface area contributed by atoms with Crippen molar-refractivity contribution >= 4 is 5.91 Å². The molecular weight excluding hydrogens is 280 g/mol. The van der Waals surface area contributed by atoms with Gasteiger partial charge in [-0.05, 0) is 25.0 Å². The number of ether oxygens (including phenoxy) is 1. The molecule has 0 heterocycles. The lowest BCUT2D eigenvalue weighted by molar-refractivity contribution is -0.124. The summed E-state index contributed by atoms with van der Waals surface area (Å²) in [5.74, 6) is -1.84. The second kappa shape index (κ2) is 7.93.